The molecule has 0 aromatic carbocycles. The normalized spacial score (nSPS) is 22.9. The first-order valence-electron chi connectivity index (χ1n) is 8.20. The van der Waals surface area contributed by atoms with Gasteiger partial charge in [0.15, 0.2) is 0 Å². The number of hydrogen-bond donors (Lipinski definition) is 2. The molecule has 0 radical (unpaired) electrons. The third kappa shape index (κ3) is 4.74. The van der Waals surface area contributed by atoms with Crippen LogP contribution in [0.3, 0.4) is 0 Å². The second-order valence-electron chi connectivity index (χ2n) is 6.65. The number of methoxy groups -OCH3 is 1. The number of rotatable bonds is 7. The quantitative estimate of drug-likeness (QED) is 0.752. The molecule has 2 fully saturated rings. The Balaban J connectivity index is 1.69. The molecule has 0 atom stereocenters. The summed E-state index contributed by atoms with van der Waals surface area (Å²) in [6.07, 6.45) is 9.32. The summed E-state index contributed by atoms with van der Waals surface area (Å²) in [6.45, 7) is 3.58. The van der Waals surface area contributed by atoms with Crippen LogP contribution in [0, 0.1) is 11.3 Å². The molecule has 1 amide bonds. The Morgan fingerprint density at radius 1 is 1.30 bits per heavy atom. The van der Waals surface area contributed by atoms with Crippen LogP contribution in [0.1, 0.15) is 51.4 Å². The smallest absolute Gasteiger partial charge is 0.220 e. The lowest BCUT2D eigenvalue weighted by atomic mass is 9.79. The number of carbonyl (C=O) groups is 1. The summed E-state index contributed by atoms with van der Waals surface area (Å²) in [5.41, 5.74) is 0.142. The van der Waals surface area contributed by atoms with E-state index in [1.54, 1.807) is 7.11 Å². The topological polar surface area (TPSA) is 50.4 Å². The fourth-order valence-corrected chi connectivity index (χ4v) is 3.64. The fraction of sp³-hybridized carbons (Fsp3) is 0.938. The highest BCUT2D eigenvalue weighted by molar-refractivity contribution is 5.75. The minimum atomic E-state index is 0.142. The Morgan fingerprint density at radius 2 is 2.00 bits per heavy atom. The molecule has 1 heterocycles. The van der Waals surface area contributed by atoms with E-state index >= 15 is 0 Å². The van der Waals surface area contributed by atoms with Crippen LogP contribution < -0.4 is 10.6 Å². The maximum atomic E-state index is 12.0. The second-order valence-corrected chi connectivity index (χ2v) is 6.65. The van der Waals surface area contributed by atoms with Crippen molar-refractivity contribution in [2.75, 3.05) is 33.4 Å². The van der Waals surface area contributed by atoms with E-state index in [2.05, 4.69) is 10.6 Å². The van der Waals surface area contributed by atoms with Crippen molar-refractivity contribution in [1.82, 2.24) is 10.6 Å². The van der Waals surface area contributed by atoms with Gasteiger partial charge in [0.1, 0.15) is 0 Å². The monoisotopic (exact) mass is 282 g/mol. The summed E-state index contributed by atoms with van der Waals surface area (Å²) < 4.78 is 5.38. The summed E-state index contributed by atoms with van der Waals surface area (Å²) in [4.78, 5) is 12.0. The average molecular weight is 282 g/mol. The van der Waals surface area contributed by atoms with E-state index in [1.165, 1.54) is 25.7 Å². The summed E-state index contributed by atoms with van der Waals surface area (Å²) in [5, 5.41) is 6.53. The fourth-order valence-electron chi connectivity index (χ4n) is 3.64. The molecule has 2 rings (SSSR count). The molecule has 0 spiro atoms. The van der Waals surface area contributed by atoms with Gasteiger partial charge in [-0.1, -0.05) is 25.7 Å². The van der Waals surface area contributed by atoms with Crippen molar-refractivity contribution in [3.05, 3.63) is 0 Å². The molecule has 2 aliphatic rings. The summed E-state index contributed by atoms with van der Waals surface area (Å²) in [5.74, 6) is 1.03. The van der Waals surface area contributed by atoms with E-state index in [-0.39, 0.29) is 11.3 Å². The van der Waals surface area contributed by atoms with Crippen LogP contribution in [0.25, 0.3) is 0 Å². The molecule has 0 unspecified atom stereocenters. The van der Waals surface area contributed by atoms with Crippen LogP contribution in [-0.2, 0) is 9.53 Å². The Hall–Kier alpha value is -0.610. The molecule has 4 nitrogen and oxygen atoms in total. The Labute approximate surface area is 123 Å². The predicted octanol–water partition coefficient (Wildman–Crippen LogP) is 2.09. The minimum Gasteiger partial charge on any atom is -0.384 e. The first kappa shape index (κ1) is 15.8. The summed E-state index contributed by atoms with van der Waals surface area (Å²) in [7, 11) is 1.76. The van der Waals surface area contributed by atoms with Crippen LogP contribution in [-0.4, -0.2) is 39.3 Å². The van der Waals surface area contributed by atoms with Crippen LogP contribution in [0.2, 0.25) is 0 Å². The predicted molar refractivity (Wildman–Crippen MR) is 80.6 cm³/mol. The molecule has 1 saturated heterocycles. The zero-order valence-electron chi connectivity index (χ0n) is 12.9. The van der Waals surface area contributed by atoms with E-state index < -0.39 is 0 Å². The highest BCUT2D eigenvalue weighted by Crippen LogP contribution is 2.29. The summed E-state index contributed by atoms with van der Waals surface area (Å²) >= 11 is 0. The Morgan fingerprint density at radius 3 is 2.65 bits per heavy atom. The SMILES string of the molecule is COCC1(CNC(=O)CCC2CCCC2)CCNCC1. The van der Waals surface area contributed by atoms with Gasteiger partial charge < -0.3 is 15.4 Å². The molecule has 0 aromatic rings. The van der Waals surface area contributed by atoms with Gasteiger partial charge in [-0.2, -0.15) is 0 Å². The molecule has 20 heavy (non-hydrogen) atoms. The van der Waals surface area contributed by atoms with Gasteiger partial charge in [0.05, 0.1) is 6.61 Å². The van der Waals surface area contributed by atoms with E-state index in [9.17, 15) is 4.79 Å². The van der Waals surface area contributed by atoms with Gasteiger partial charge in [-0.25, -0.2) is 0 Å². The Bertz CT molecular complexity index is 289. The first-order chi connectivity index (χ1) is 9.74. The van der Waals surface area contributed by atoms with Gasteiger partial charge in [0, 0.05) is 25.5 Å². The molecule has 0 bridgehead atoms. The third-order valence-electron chi connectivity index (χ3n) is 5.03. The third-order valence-corrected chi connectivity index (χ3v) is 5.03. The van der Waals surface area contributed by atoms with E-state index in [0.29, 0.717) is 6.42 Å². The molecular formula is C16H30N2O2. The standard InChI is InChI=1S/C16H30N2O2/c1-20-13-16(8-10-17-11-9-16)12-18-15(19)7-6-14-4-2-3-5-14/h14,17H,2-13H2,1H3,(H,18,19). The zero-order chi connectivity index (χ0) is 14.3. The lowest BCUT2D eigenvalue weighted by Crippen LogP contribution is -2.47. The van der Waals surface area contributed by atoms with Gasteiger partial charge in [0.2, 0.25) is 5.91 Å². The molecule has 0 aromatic heterocycles. The van der Waals surface area contributed by atoms with Crippen molar-refractivity contribution in [1.29, 1.82) is 0 Å². The van der Waals surface area contributed by atoms with Crippen LogP contribution in [0.5, 0.6) is 0 Å². The molecule has 1 aliphatic heterocycles. The highest BCUT2D eigenvalue weighted by atomic mass is 16.5. The van der Waals surface area contributed by atoms with Crippen LogP contribution in [0.15, 0.2) is 0 Å². The largest absolute Gasteiger partial charge is 0.384 e. The number of carbonyl (C=O) groups excluding carboxylic acids is 1. The van der Waals surface area contributed by atoms with Crippen molar-refractivity contribution in [2.24, 2.45) is 11.3 Å². The maximum absolute atomic E-state index is 12.0. The van der Waals surface area contributed by atoms with Gasteiger partial charge in [-0.05, 0) is 38.3 Å². The number of amides is 1. The maximum Gasteiger partial charge on any atom is 0.220 e. The zero-order valence-corrected chi connectivity index (χ0v) is 12.9. The van der Waals surface area contributed by atoms with E-state index in [4.69, 9.17) is 4.74 Å². The van der Waals surface area contributed by atoms with Gasteiger partial charge in [-0.3, -0.25) is 4.79 Å². The van der Waals surface area contributed by atoms with Crippen molar-refractivity contribution in [3.63, 3.8) is 0 Å². The van der Waals surface area contributed by atoms with Crippen molar-refractivity contribution in [2.45, 2.75) is 51.4 Å². The number of ether oxygens (including phenoxy) is 1. The first-order valence-corrected chi connectivity index (χ1v) is 8.20. The van der Waals surface area contributed by atoms with E-state index in [0.717, 1.165) is 51.4 Å². The van der Waals surface area contributed by atoms with Crippen molar-refractivity contribution >= 4 is 5.91 Å². The lowest BCUT2D eigenvalue weighted by molar-refractivity contribution is -0.122. The lowest BCUT2D eigenvalue weighted by Gasteiger charge is -2.37. The van der Waals surface area contributed by atoms with Crippen LogP contribution >= 0.6 is 0 Å². The number of piperidine rings is 1. The molecule has 116 valence electrons. The second kappa shape index (κ2) is 7.99. The van der Waals surface area contributed by atoms with Gasteiger partial charge >= 0.3 is 0 Å². The Kier molecular flexibility index (Phi) is 6.30. The van der Waals surface area contributed by atoms with Crippen LogP contribution in [0.4, 0.5) is 0 Å². The summed E-state index contributed by atoms with van der Waals surface area (Å²) in [6, 6.07) is 0. The molecule has 1 saturated carbocycles. The molecular weight excluding hydrogens is 252 g/mol. The van der Waals surface area contributed by atoms with Gasteiger partial charge in [0.25, 0.3) is 0 Å². The van der Waals surface area contributed by atoms with Crippen molar-refractivity contribution in [3.8, 4) is 0 Å². The molecule has 2 N–H and O–H groups in total. The van der Waals surface area contributed by atoms with E-state index in [1.807, 2.05) is 0 Å². The van der Waals surface area contributed by atoms with Gasteiger partial charge in [-0.15, -0.1) is 0 Å². The minimum absolute atomic E-state index is 0.142. The number of hydrogen-bond acceptors (Lipinski definition) is 3. The number of nitrogens with one attached hydrogen (secondary N) is 2. The highest BCUT2D eigenvalue weighted by Gasteiger charge is 2.32. The molecule has 1 aliphatic carbocycles. The molecule has 4 heteroatoms. The average Bonchev–Trinajstić information content (AvgIpc) is 2.98. The van der Waals surface area contributed by atoms with Crippen molar-refractivity contribution < 1.29 is 9.53 Å².